The van der Waals surface area contributed by atoms with Crippen molar-refractivity contribution < 1.29 is 0 Å². The van der Waals surface area contributed by atoms with Gasteiger partial charge in [0.1, 0.15) is 5.82 Å². The number of hydrogen-bond acceptors (Lipinski definition) is 2. The lowest BCUT2D eigenvalue weighted by Gasteiger charge is -2.02. The summed E-state index contributed by atoms with van der Waals surface area (Å²) < 4.78 is 1.71. The van der Waals surface area contributed by atoms with Crippen LogP contribution in [-0.2, 0) is 0 Å². The summed E-state index contributed by atoms with van der Waals surface area (Å²) in [5, 5.41) is 6.99. The summed E-state index contributed by atoms with van der Waals surface area (Å²) in [5.74, 6) is 1.33. The van der Waals surface area contributed by atoms with Gasteiger partial charge in [0.15, 0.2) is 0 Å². The lowest BCUT2D eigenvalue weighted by Crippen LogP contribution is -2.01. The van der Waals surface area contributed by atoms with E-state index in [9.17, 15) is 0 Å². The molecule has 0 unspecified atom stereocenters. The topological polar surface area (TPSA) is 41.7 Å². The third kappa shape index (κ3) is 1.07. The minimum Gasteiger partial charge on any atom is -0.294 e. The predicted octanol–water partition coefficient (Wildman–Crippen LogP) is 1.46. The zero-order chi connectivity index (χ0) is 7.56. The molecule has 1 heterocycles. The van der Waals surface area contributed by atoms with Crippen LogP contribution < -0.4 is 0 Å². The lowest BCUT2D eigenvalue weighted by molar-refractivity contribution is 0.769. The average Bonchev–Trinajstić information content (AvgIpc) is 2.33. The normalized spacial score (nSPS) is 10.3. The lowest BCUT2D eigenvalue weighted by atomic mass is 10.2. The van der Waals surface area contributed by atoms with E-state index in [2.05, 4.69) is 18.8 Å². The molecule has 1 aromatic heterocycles. The molecule has 10 heavy (non-hydrogen) atoms. The maximum absolute atomic E-state index is 6.99. The molecule has 1 aromatic rings. The third-order valence-electron chi connectivity index (χ3n) is 1.35. The van der Waals surface area contributed by atoms with E-state index < -0.39 is 0 Å². The third-order valence-corrected chi connectivity index (χ3v) is 1.35. The second-order valence-corrected chi connectivity index (χ2v) is 2.48. The van der Waals surface area contributed by atoms with Gasteiger partial charge in [0, 0.05) is 18.3 Å². The Labute approximate surface area is 60.2 Å². The predicted molar refractivity (Wildman–Crippen MR) is 40.5 cm³/mol. The van der Waals surface area contributed by atoms with Crippen molar-refractivity contribution in [2.24, 2.45) is 0 Å². The van der Waals surface area contributed by atoms with Gasteiger partial charge in [-0.2, -0.15) is 0 Å². The molecular formula is C7H11N3. The number of hydrogen-bond donors (Lipinski definition) is 1. The minimum absolute atomic E-state index is 0.386. The molecule has 1 N–H and O–H groups in total. The number of rotatable bonds is 2. The average molecular weight is 137 g/mol. The molecule has 0 atom stereocenters. The van der Waals surface area contributed by atoms with Crippen LogP contribution in [0.2, 0.25) is 0 Å². The van der Waals surface area contributed by atoms with Crippen molar-refractivity contribution >= 4 is 6.34 Å². The quantitative estimate of drug-likeness (QED) is 0.486. The highest BCUT2D eigenvalue weighted by atomic mass is 15.1. The minimum atomic E-state index is 0.386. The van der Waals surface area contributed by atoms with E-state index in [1.165, 1.54) is 6.34 Å². The van der Waals surface area contributed by atoms with Gasteiger partial charge >= 0.3 is 0 Å². The van der Waals surface area contributed by atoms with Gasteiger partial charge in [0.2, 0.25) is 0 Å². The molecule has 1 rings (SSSR count). The van der Waals surface area contributed by atoms with Crippen molar-refractivity contribution in [3.8, 4) is 0 Å². The Morgan fingerprint density at radius 1 is 1.70 bits per heavy atom. The molecule has 0 saturated heterocycles. The summed E-state index contributed by atoms with van der Waals surface area (Å²) in [6, 6.07) is 0. The van der Waals surface area contributed by atoms with Crippen LogP contribution in [0.15, 0.2) is 12.4 Å². The fourth-order valence-electron chi connectivity index (χ4n) is 0.881. The highest BCUT2D eigenvalue weighted by molar-refractivity contribution is 5.55. The first kappa shape index (κ1) is 6.99. The molecular weight excluding hydrogens is 126 g/mol. The van der Waals surface area contributed by atoms with E-state index >= 15 is 0 Å². The first-order valence-corrected chi connectivity index (χ1v) is 3.29. The van der Waals surface area contributed by atoms with Crippen LogP contribution >= 0.6 is 0 Å². The molecule has 0 amide bonds. The standard InChI is InChI=1S/C7H11N3/c1-6(2)7-9-3-4-10(7)5-8/h3-6,8H,1-2H3. The van der Waals surface area contributed by atoms with Crippen molar-refractivity contribution in [3.63, 3.8) is 0 Å². The Balaban J connectivity index is 3.01. The van der Waals surface area contributed by atoms with Crippen LogP contribution in [-0.4, -0.2) is 15.9 Å². The number of nitrogens with zero attached hydrogens (tertiary/aromatic N) is 2. The Bertz CT molecular complexity index is 225. The maximum Gasteiger partial charge on any atom is 0.116 e. The first-order chi connectivity index (χ1) is 4.75. The van der Waals surface area contributed by atoms with Crippen molar-refractivity contribution in [2.75, 3.05) is 0 Å². The molecule has 54 valence electrons. The molecule has 0 aromatic carbocycles. The van der Waals surface area contributed by atoms with Gasteiger partial charge in [0.25, 0.3) is 0 Å². The molecule has 3 heteroatoms. The van der Waals surface area contributed by atoms with Crippen molar-refractivity contribution in [1.29, 1.82) is 5.41 Å². The van der Waals surface area contributed by atoms with Gasteiger partial charge in [-0.25, -0.2) is 4.98 Å². The Morgan fingerprint density at radius 2 is 2.40 bits per heavy atom. The monoisotopic (exact) mass is 137 g/mol. The summed E-state index contributed by atoms with van der Waals surface area (Å²) in [4.78, 5) is 4.10. The fraction of sp³-hybridized carbons (Fsp3) is 0.429. The molecule has 0 fully saturated rings. The van der Waals surface area contributed by atoms with Gasteiger partial charge in [-0.3, -0.25) is 9.98 Å². The zero-order valence-electron chi connectivity index (χ0n) is 6.20. The molecule has 0 spiro atoms. The summed E-state index contributed by atoms with van der Waals surface area (Å²) in [7, 11) is 0. The van der Waals surface area contributed by atoms with E-state index in [1.807, 2.05) is 0 Å². The first-order valence-electron chi connectivity index (χ1n) is 3.29. The molecule has 0 aliphatic heterocycles. The Hall–Kier alpha value is -1.12. The zero-order valence-corrected chi connectivity index (χ0v) is 6.20. The smallest absolute Gasteiger partial charge is 0.116 e. The van der Waals surface area contributed by atoms with Crippen LogP contribution in [0.4, 0.5) is 0 Å². The van der Waals surface area contributed by atoms with Gasteiger partial charge in [-0.05, 0) is 0 Å². The van der Waals surface area contributed by atoms with Crippen molar-refractivity contribution in [3.05, 3.63) is 18.2 Å². The van der Waals surface area contributed by atoms with Crippen LogP contribution in [0.25, 0.3) is 0 Å². The van der Waals surface area contributed by atoms with Gasteiger partial charge < -0.3 is 0 Å². The van der Waals surface area contributed by atoms with Crippen LogP contribution in [0.3, 0.4) is 0 Å². The molecule has 3 nitrogen and oxygen atoms in total. The summed E-state index contributed by atoms with van der Waals surface area (Å²) in [6.07, 6.45) is 4.76. The number of nitrogens with one attached hydrogen (secondary N) is 1. The van der Waals surface area contributed by atoms with Gasteiger partial charge in [0.05, 0.1) is 6.34 Å². The summed E-state index contributed by atoms with van der Waals surface area (Å²) >= 11 is 0. The van der Waals surface area contributed by atoms with Crippen LogP contribution in [0.1, 0.15) is 25.6 Å². The molecule has 0 aliphatic carbocycles. The molecule has 0 bridgehead atoms. The summed E-state index contributed by atoms with van der Waals surface area (Å²) in [5.41, 5.74) is 0. The van der Waals surface area contributed by atoms with Crippen LogP contribution in [0.5, 0.6) is 0 Å². The van der Waals surface area contributed by atoms with Crippen LogP contribution in [0, 0.1) is 5.41 Å². The molecule has 0 saturated carbocycles. The SMILES string of the molecule is CC(C)c1nccn1C=N. The Kier molecular flexibility index (Phi) is 1.85. The highest BCUT2D eigenvalue weighted by Crippen LogP contribution is 2.09. The summed E-state index contributed by atoms with van der Waals surface area (Å²) in [6.45, 7) is 4.12. The van der Waals surface area contributed by atoms with Crippen molar-refractivity contribution in [2.45, 2.75) is 19.8 Å². The number of imidazole rings is 1. The van der Waals surface area contributed by atoms with Crippen molar-refractivity contribution in [1.82, 2.24) is 9.55 Å². The van der Waals surface area contributed by atoms with E-state index in [0.29, 0.717) is 5.92 Å². The molecule has 0 radical (unpaired) electrons. The second kappa shape index (κ2) is 2.64. The van der Waals surface area contributed by atoms with E-state index in [-0.39, 0.29) is 0 Å². The maximum atomic E-state index is 6.99. The van der Waals surface area contributed by atoms with E-state index in [4.69, 9.17) is 5.41 Å². The fourth-order valence-corrected chi connectivity index (χ4v) is 0.881. The van der Waals surface area contributed by atoms with E-state index in [1.54, 1.807) is 17.0 Å². The number of aromatic nitrogens is 2. The van der Waals surface area contributed by atoms with E-state index in [0.717, 1.165) is 5.82 Å². The van der Waals surface area contributed by atoms with Gasteiger partial charge in [-0.1, -0.05) is 13.8 Å². The van der Waals surface area contributed by atoms with Gasteiger partial charge in [-0.15, -0.1) is 0 Å². The largest absolute Gasteiger partial charge is 0.294 e. The Morgan fingerprint density at radius 3 is 2.80 bits per heavy atom. The molecule has 0 aliphatic rings. The second-order valence-electron chi connectivity index (χ2n) is 2.48. The highest BCUT2D eigenvalue weighted by Gasteiger charge is 2.03.